The maximum absolute atomic E-state index is 13.8. The second-order valence-electron chi connectivity index (χ2n) is 9.19. The highest BCUT2D eigenvalue weighted by atomic mass is 16.5. The predicted octanol–water partition coefficient (Wildman–Crippen LogP) is 3.67. The first-order chi connectivity index (χ1) is 16.7. The molecule has 0 amide bonds. The number of methoxy groups -OCH3 is 1. The molecule has 4 rings (SSSR count). The van der Waals surface area contributed by atoms with Crippen LogP contribution in [0, 0.1) is 18.8 Å². The Morgan fingerprint density at radius 2 is 1.94 bits per heavy atom. The van der Waals surface area contributed by atoms with E-state index in [-0.39, 0.29) is 34.7 Å². The van der Waals surface area contributed by atoms with Crippen LogP contribution in [0.15, 0.2) is 56.2 Å². The normalized spacial score (nSPS) is 22.1. The van der Waals surface area contributed by atoms with Crippen molar-refractivity contribution in [3.05, 3.63) is 68.4 Å². The number of nitrogens with one attached hydrogen (secondary N) is 1. The molecule has 0 radical (unpaired) electrons. The van der Waals surface area contributed by atoms with Crippen LogP contribution in [-0.2, 0) is 23.9 Å². The molecular formula is C27H29NO7. The molecule has 1 N–H and O–H groups in total. The van der Waals surface area contributed by atoms with E-state index in [1.165, 1.54) is 13.4 Å². The summed E-state index contributed by atoms with van der Waals surface area (Å²) >= 11 is 0. The zero-order valence-corrected chi connectivity index (χ0v) is 20.5. The lowest BCUT2D eigenvalue weighted by atomic mass is 9.69. The summed E-state index contributed by atoms with van der Waals surface area (Å²) < 4.78 is 16.1. The number of allylic oxidation sites excluding steroid dienone is 3. The molecule has 1 aromatic carbocycles. The lowest BCUT2D eigenvalue weighted by molar-refractivity contribution is -0.151. The van der Waals surface area contributed by atoms with Gasteiger partial charge in [-0.2, -0.15) is 0 Å². The lowest BCUT2D eigenvalue weighted by Gasteiger charge is -2.37. The SMILES string of the molecule is CCCOC(=O)C1=C(C)NC2=C(C(=O)[C@@H](C(=O)OC)[C@H](C)C2)[C@H]1c1coc2ccc(C)cc2c1=O. The van der Waals surface area contributed by atoms with Gasteiger partial charge in [0, 0.05) is 22.5 Å². The highest BCUT2D eigenvalue weighted by Crippen LogP contribution is 2.45. The summed E-state index contributed by atoms with van der Waals surface area (Å²) in [5.74, 6) is -4.14. The average Bonchev–Trinajstić information content (AvgIpc) is 2.82. The van der Waals surface area contributed by atoms with E-state index in [9.17, 15) is 19.2 Å². The fourth-order valence-corrected chi connectivity index (χ4v) is 4.99. The zero-order valence-electron chi connectivity index (χ0n) is 20.5. The molecule has 8 heteroatoms. The maximum atomic E-state index is 13.8. The zero-order chi connectivity index (χ0) is 25.4. The number of hydrogen-bond acceptors (Lipinski definition) is 8. The molecule has 0 spiro atoms. The number of ether oxygens (including phenoxy) is 2. The molecule has 0 fully saturated rings. The van der Waals surface area contributed by atoms with Gasteiger partial charge in [0.15, 0.2) is 11.2 Å². The smallest absolute Gasteiger partial charge is 0.336 e. The number of carbonyl (C=O) groups excluding carboxylic acids is 3. The van der Waals surface area contributed by atoms with Crippen molar-refractivity contribution >= 4 is 28.7 Å². The molecule has 0 unspecified atom stereocenters. The summed E-state index contributed by atoms with van der Waals surface area (Å²) in [4.78, 5) is 53.2. The van der Waals surface area contributed by atoms with Crippen LogP contribution in [0.25, 0.3) is 11.0 Å². The first-order valence-corrected chi connectivity index (χ1v) is 11.7. The number of carbonyl (C=O) groups is 3. The third kappa shape index (κ3) is 4.17. The van der Waals surface area contributed by atoms with Gasteiger partial charge >= 0.3 is 11.9 Å². The Labute approximate surface area is 203 Å². The monoisotopic (exact) mass is 479 g/mol. The molecule has 1 aliphatic carbocycles. The maximum Gasteiger partial charge on any atom is 0.336 e. The Morgan fingerprint density at radius 1 is 1.20 bits per heavy atom. The van der Waals surface area contributed by atoms with E-state index < -0.39 is 29.6 Å². The van der Waals surface area contributed by atoms with E-state index in [0.717, 1.165) is 5.56 Å². The van der Waals surface area contributed by atoms with Crippen molar-refractivity contribution in [2.75, 3.05) is 13.7 Å². The van der Waals surface area contributed by atoms with E-state index in [1.54, 1.807) is 26.0 Å². The predicted molar refractivity (Wildman–Crippen MR) is 128 cm³/mol. The molecule has 35 heavy (non-hydrogen) atoms. The van der Waals surface area contributed by atoms with Gasteiger partial charge in [-0.3, -0.25) is 14.4 Å². The largest absolute Gasteiger partial charge is 0.468 e. The van der Waals surface area contributed by atoms with Crippen molar-refractivity contribution in [1.82, 2.24) is 5.32 Å². The summed E-state index contributed by atoms with van der Waals surface area (Å²) in [5, 5.41) is 3.53. The number of aryl methyl sites for hydroxylation is 1. The van der Waals surface area contributed by atoms with E-state index >= 15 is 0 Å². The highest BCUT2D eigenvalue weighted by molar-refractivity contribution is 6.12. The molecule has 8 nitrogen and oxygen atoms in total. The molecular weight excluding hydrogens is 450 g/mol. The molecule has 2 heterocycles. The van der Waals surface area contributed by atoms with Gasteiger partial charge in [0.25, 0.3) is 0 Å². The van der Waals surface area contributed by atoms with E-state index in [0.29, 0.717) is 35.2 Å². The highest BCUT2D eigenvalue weighted by Gasteiger charge is 2.48. The molecule has 184 valence electrons. The Bertz CT molecular complexity index is 1350. The van der Waals surface area contributed by atoms with Gasteiger partial charge in [-0.25, -0.2) is 4.79 Å². The van der Waals surface area contributed by atoms with Crippen LogP contribution in [0.3, 0.4) is 0 Å². The standard InChI is InChI=1S/C27H29NO7/c1-6-9-34-27(32)21-15(4)28-18-11-14(3)20(26(31)33-5)25(30)23(18)22(21)17-12-35-19-8-7-13(2)10-16(19)24(17)29/h7-8,10,12,14,20,22,28H,6,9,11H2,1-5H3/t14-,20+,22+/m1/s1. The fraction of sp³-hybridized carbons (Fsp3) is 0.407. The molecule has 1 aromatic heterocycles. The Kier molecular flexibility index (Phi) is 6.65. The van der Waals surface area contributed by atoms with Crippen molar-refractivity contribution in [1.29, 1.82) is 0 Å². The third-order valence-corrected chi connectivity index (χ3v) is 6.67. The number of fused-ring (bicyclic) bond motifs is 1. The minimum absolute atomic E-state index is 0.145. The van der Waals surface area contributed by atoms with Gasteiger partial charge in [-0.15, -0.1) is 0 Å². The van der Waals surface area contributed by atoms with E-state index in [1.807, 2.05) is 19.9 Å². The number of ketones is 1. The molecule has 0 saturated heterocycles. The number of benzene rings is 1. The van der Waals surface area contributed by atoms with Crippen molar-refractivity contribution in [3.63, 3.8) is 0 Å². The topological polar surface area (TPSA) is 112 Å². The summed E-state index contributed by atoms with van der Waals surface area (Å²) in [5.41, 5.74) is 2.51. The molecule has 1 aliphatic heterocycles. The number of esters is 2. The Hall–Kier alpha value is -3.68. The summed E-state index contributed by atoms with van der Waals surface area (Å²) in [6.45, 7) is 7.45. The van der Waals surface area contributed by atoms with Gasteiger partial charge in [0.1, 0.15) is 11.5 Å². The van der Waals surface area contributed by atoms with Gasteiger partial charge in [0.2, 0.25) is 0 Å². The van der Waals surface area contributed by atoms with E-state index in [4.69, 9.17) is 13.9 Å². The van der Waals surface area contributed by atoms with Crippen LogP contribution < -0.4 is 10.7 Å². The summed E-state index contributed by atoms with van der Waals surface area (Å²) in [7, 11) is 1.24. The number of Topliss-reactive ketones (excluding diaryl/α,β-unsaturated/α-hetero) is 1. The molecule has 0 bridgehead atoms. The van der Waals surface area contributed by atoms with E-state index in [2.05, 4.69) is 5.32 Å². The van der Waals surface area contributed by atoms with Crippen molar-refractivity contribution in [3.8, 4) is 0 Å². The second kappa shape index (κ2) is 9.52. The van der Waals surface area contributed by atoms with Crippen molar-refractivity contribution in [2.24, 2.45) is 11.8 Å². The molecule has 0 saturated carbocycles. The Balaban J connectivity index is 1.97. The van der Waals surface area contributed by atoms with Crippen molar-refractivity contribution < 1.29 is 28.3 Å². The fourth-order valence-electron chi connectivity index (χ4n) is 4.99. The summed E-state index contributed by atoms with van der Waals surface area (Å²) in [6, 6.07) is 5.26. The van der Waals surface area contributed by atoms with Crippen LogP contribution >= 0.6 is 0 Å². The third-order valence-electron chi connectivity index (χ3n) is 6.67. The Morgan fingerprint density at radius 3 is 2.63 bits per heavy atom. The van der Waals surface area contributed by atoms with Crippen molar-refractivity contribution in [2.45, 2.75) is 46.5 Å². The second-order valence-corrected chi connectivity index (χ2v) is 9.19. The summed E-state index contributed by atoms with van der Waals surface area (Å²) in [6.07, 6.45) is 2.30. The minimum Gasteiger partial charge on any atom is -0.468 e. The van der Waals surface area contributed by atoms with Crippen LogP contribution in [0.2, 0.25) is 0 Å². The van der Waals surface area contributed by atoms with Gasteiger partial charge in [-0.1, -0.05) is 25.5 Å². The number of dihydropyridines is 1. The van der Waals surface area contributed by atoms with Crippen LogP contribution in [0.4, 0.5) is 0 Å². The minimum atomic E-state index is -1.04. The van der Waals surface area contributed by atoms with Gasteiger partial charge in [0.05, 0.1) is 36.9 Å². The first kappa shape index (κ1) is 24.4. The average molecular weight is 480 g/mol. The number of rotatable bonds is 5. The number of hydrogen-bond donors (Lipinski definition) is 1. The molecule has 2 aliphatic rings. The van der Waals surface area contributed by atoms with Gasteiger partial charge in [-0.05, 0) is 44.7 Å². The first-order valence-electron chi connectivity index (χ1n) is 11.7. The van der Waals surface area contributed by atoms with Gasteiger partial charge < -0.3 is 19.2 Å². The van der Waals surface area contributed by atoms with Crippen LogP contribution in [-0.4, -0.2) is 31.4 Å². The lowest BCUT2D eigenvalue weighted by Crippen LogP contribution is -2.44. The molecule has 2 aromatic rings. The molecule has 3 atom stereocenters. The van der Waals surface area contributed by atoms with Crippen LogP contribution in [0.1, 0.15) is 50.7 Å². The quantitative estimate of drug-likeness (QED) is 0.511. The van der Waals surface area contributed by atoms with Crippen LogP contribution in [0.5, 0.6) is 0 Å².